The van der Waals surface area contributed by atoms with Crippen molar-refractivity contribution in [3.05, 3.63) is 58.1 Å². The summed E-state index contributed by atoms with van der Waals surface area (Å²) in [4.78, 5) is 32.5. The molecule has 0 fully saturated rings. The number of halogens is 2. The second-order valence-electron chi connectivity index (χ2n) is 6.36. The second kappa shape index (κ2) is 8.93. The molecule has 0 spiro atoms. The van der Waals surface area contributed by atoms with Crippen LogP contribution in [0.2, 0.25) is 10.0 Å². The number of aliphatic imine (C=N–C) groups is 2. The zero-order chi connectivity index (χ0) is 21.0. The van der Waals surface area contributed by atoms with Gasteiger partial charge in [-0.2, -0.15) is 4.99 Å². The first-order chi connectivity index (χ1) is 13.8. The van der Waals surface area contributed by atoms with E-state index in [2.05, 4.69) is 25.9 Å². The average molecular weight is 433 g/mol. The van der Waals surface area contributed by atoms with Gasteiger partial charge in [0.1, 0.15) is 6.04 Å². The maximum Gasteiger partial charge on any atom is 0.252 e. The summed E-state index contributed by atoms with van der Waals surface area (Å²) in [5.41, 5.74) is 8.14. The van der Waals surface area contributed by atoms with Crippen LogP contribution in [0, 0.1) is 6.92 Å². The number of nitrogens with one attached hydrogen (secondary N) is 3. The highest BCUT2D eigenvalue weighted by atomic mass is 35.5. The van der Waals surface area contributed by atoms with Gasteiger partial charge in [0.05, 0.1) is 6.42 Å². The first-order valence-electron chi connectivity index (χ1n) is 8.61. The van der Waals surface area contributed by atoms with Crippen LogP contribution in [0.4, 0.5) is 11.4 Å². The molecule has 0 radical (unpaired) electrons. The lowest BCUT2D eigenvalue weighted by molar-refractivity contribution is -0.123. The lowest BCUT2D eigenvalue weighted by Crippen LogP contribution is -2.32. The van der Waals surface area contributed by atoms with Crippen molar-refractivity contribution >= 4 is 58.3 Å². The van der Waals surface area contributed by atoms with Gasteiger partial charge in [-0.15, -0.1) is 0 Å². The minimum atomic E-state index is -0.907. The molecule has 29 heavy (non-hydrogen) atoms. The molecule has 3 rings (SSSR count). The number of hydrogen-bond donors (Lipinski definition) is 4. The first-order valence-corrected chi connectivity index (χ1v) is 9.36. The molecule has 5 N–H and O–H groups in total. The summed E-state index contributed by atoms with van der Waals surface area (Å²) in [5, 5.41) is 8.81. The van der Waals surface area contributed by atoms with E-state index < -0.39 is 17.9 Å². The summed E-state index contributed by atoms with van der Waals surface area (Å²) in [7, 11) is 0. The number of carbonyl (C=O) groups is 2. The fraction of sp³-hybridized carbons (Fsp3) is 0.158. The van der Waals surface area contributed by atoms with E-state index in [9.17, 15) is 9.59 Å². The molecule has 10 heteroatoms. The zero-order valence-corrected chi connectivity index (χ0v) is 16.9. The Bertz CT molecular complexity index is 984. The third-order valence-electron chi connectivity index (χ3n) is 3.89. The quantitative estimate of drug-likeness (QED) is 0.438. The molecule has 0 aromatic heterocycles. The van der Waals surface area contributed by atoms with Crippen molar-refractivity contribution in [2.45, 2.75) is 19.4 Å². The van der Waals surface area contributed by atoms with E-state index in [0.29, 0.717) is 15.7 Å². The van der Waals surface area contributed by atoms with Gasteiger partial charge in [0.25, 0.3) is 5.91 Å². The molecule has 0 saturated heterocycles. The third-order valence-corrected chi connectivity index (χ3v) is 4.33. The zero-order valence-electron chi connectivity index (χ0n) is 15.4. The fourth-order valence-electron chi connectivity index (χ4n) is 2.57. The fourth-order valence-corrected chi connectivity index (χ4v) is 3.09. The minimum absolute atomic E-state index is 0.0377. The molecule has 8 nitrogen and oxygen atoms in total. The molecule has 0 bridgehead atoms. The molecular weight excluding hydrogens is 415 g/mol. The van der Waals surface area contributed by atoms with Gasteiger partial charge < -0.3 is 16.4 Å². The number of aryl methyl sites for hydroxylation is 1. The van der Waals surface area contributed by atoms with E-state index in [1.54, 1.807) is 18.2 Å². The van der Waals surface area contributed by atoms with Gasteiger partial charge in [-0.25, -0.2) is 4.99 Å². The van der Waals surface area contributed by atoms with Gasteiger partial charge in [-0.1, -0.05) is 40.9 Å². The van der Waals surface area contributed by atoms with Crippen LogP contribution in [0.15, 0.2) is 52.4 Å². The van der Waals surface area contributed by atoms with Gasteiger partial charge in [-0.05, 0) is 37.3 Å². The molecule has 1 aliphatic heterocycles. The van der Waals surface area contributed by atoms with Crippen molar-refractivity contribution in [2.75, 3.05) is 10.6 Å². The molecule has 0 saturated carbocycles. The lowest BCUT2D eigenvalue weighted by atomic mass is 10.2. The molecule has 0 aliphatic carbocycles. The van der Waals surface area contributed by atoms with Crippen LogP contribution in [0.3, 0.4) is 0 Å². The highest BCUT2D eigenvalue weighted by molar-refractivity contribution is 6.35. The number of guanidine groups is 2. The Morgan fingerprint density at radius 1 is 1.14 bits per heavy atom. The monoisotopic (exact) mass is 432 g/mol. The van der Waals surface area contributed by atoms with Gasteiger partial charge >= 0.3 is 0 Å². The van der Waals surface area contributed by atoms with Crippen LogP contribution >= 0.6 is 23.2 Å². The smallest absolute Gasteiger partial charge is 0.252 e. The van der Waals surface area contributed by atoms with Crippen LogP contribution in [-0.4, -0.2) is 29.8 Å². The number of nitrogens with zero attached hydrogens (tertiary/aromatic N) is 2. The maximum atomic E-state index is 12.2. The summed E-state index contributed by atoms with van der Waals surface area (Å²) in [6.07, 6.45) is -0.166. The summed E-state index contributed by atoms with van der Waals surface area (Å²) in [6.45, 7) is 1.97. The van der Waals surface area contributed by atoms with Crippen LogP contribution in [0.25, 0.3) is 0 Å². The Hall–Kier alpha value is -3.10. The number of benzene rings is 2. The first kappa shape index (κ1) is 20.6. The number of nitrogens with two attached hydrogens (primary N) is 1. The van der Waals surface area contributed by atoms with E-state index in [1.165, 1.54) is 0 Å². The van der Waals surface area contributed by atoms with Gasteiger partial charge in [0, 0.05) is 21.4 Å². The average Bonchev–Trinajstić information content (AvgIpc) is 2.94. The van der Waals surface area contributed by atoms with E-state index in [4.69, 9.17) is 28.9 Å². The standard InChI is InChI=1S/C19H18Cl2N6O2/c1-10-2-4-13(5-3-10)24-18(22)27-19-25-15(17(29)26-19)9-16(28)23-14-7-11(20)6-12(21)8-14/h2-8,15H,9H2,1H3,(H,23,28)(H4,22,24,25,26,27,29). The van der Waals surface area contributed by atoms with Crippen LogP contribution in [0.1, 0.15) is 12.0 Å². The second-order valence-corrected chi connectivity index (χ2v) is 7.23. The topological polar surface area (TPSA) is 121 Å². The Morgan fingerprint density at radius 2 is 1.79 bits per heavy atom. The van der Waals surface area contributed by atoms with Gasteiger partial charge in [0.2, 0.25) is 17.8 Å². The molecule has 150 valence electrons. The Kier molecular flexibility index (Phi) is 6.36. The molecule has 2 aromatic carbocycles. The number of carbonyl (C=O) groups excluding carboxylic acids is 2. The summed E-state index contributed by atoms with van der Waals surface area (Å²) < 4.78 is 0. The Labute approximate surface area is 177 Å². The van der Waals surface area contributed by atoms with E-state index in [-0.39, 0.29) is 18.3 Å². The highest BCUT2D eigenvalue weighted by Crippen LogP contribution is 2.22. The predicted octanol–water partition coefficient (Wildman–Crippen LogP) is 2.91. The molecule has 2 amide bonds. The lowest BCUT2D eigenvalue weighted by Gasteiger charge is -2.07. The Morgan fingerprint density at radius 3 is 2.45 bits per heavy atom. The number of anilines is 2. The molecule has 1 aliphatic rings. The summed E-state index contributed by atoms with van der Waals surface area (Å²) in [6, 6.07) is 11.3. The van der Waals surface area contributed by atoms with Gasteiger partial charge in [0.15, 0.2) is 0 Å². The normalized spacial score (nSPS) is 16.2. The maximum absolute atomic E-state index is 12.2. The van der Waals surface area contributed by atoms with Crippen LogP contribution < -0.4 is 21.7 Å². The van der Waals surface area contributed by atoms with Crippen molar-refractivity contribution in [2.24, 2.45) is 15.7 Å². The van der Waals surface area contributed by atoms with E-state index in [1.807, 2.05) is 31.2 Å². The highest BCUT2D eigenvalue weighted by Gasteiger charge is 2.28. The van der Waals surface area contributed by atoms with Crippen molar-refractivity contribution < 1.29 is 9.59 Å². The molecule has 1 heterocycles. The minimum Gasteiger partial charge on any atom is -0.369 e. The molecule has 1 unspecified atom stereocenters. The SMILES string of the molecule is Cc1ccc(N/C(N)=N/C2=NC(CC(=O)Nc3cc(Cl)cc(Cl)c3)C(=O)N2)cc1. The van der Waals surface area contributed by atoms with Gasteiger partial charge in [-0.3, -0.25) is 14.9 Å². The predicted molar refractivity (Wildman–Crippen MR) is 115 cm³/mol. The van der Waals surface area contributed by atoms with Crippen molar-refractivity contribution in [3.8, 4) is 0 Å². The van der Waals surface area contributed by atoms with Crippen molar-refractivity contribution in [1.29, 1.82) is 0 Å². The number of rotatable bonds is 4. The van der Waals surface area contributed by atoms with E-state index >= 15 is 0 Å². The third kappa shape index (κ3) is 5.94. The molecule has 2 aromatic rings. The molecular formula is C19H18Cl2N6O2. The van der Waals surface area contributed by atoms with Crippen molar-refractivity contribution in [3.63, 3.8) is 0 Å². The summed E-state index contributed by atoms with van der Waals surface area (Å²) >= 11 is 11.8. The van der Waals surface area contributed by atoms with Crippen LogP contribution in [-0.2, 0) is 9.59 Å². The summed E-state index contributed by atoms with van der Waals surface area (Å²) in [5.74, 6) is -0.753. The molecule has 1 atom stereocenters. The van der Waals surface area contributed by atoms with Crippen LogP contribution in [0.5, 0.6) is 0 Å². The number of amides is 2. The largest absolute Gasteiger partial charge is 0.369 e. The van der Waals surface area contributed by atoms with E-state index in [0.717, 1.165) is 11.3 Å². The Balaban J connectivity index is 1.61. The van der Waals surface area contributed by atoms with Crippen molar-refractivity contribution in [1.82, 2.24) is 5.32 Å². The number of hydrogen-bond acceptors (Lipinski definition) is 4.